The van der Waals surface area contributed by atoms with Gasteiger partial charge >= 0.3 is 0 Å². The van der Waals surface area contributed by atoms with Crippen molar-refractivity contribution in [2.75, 3.05) is 26.3 Å². The summed E-state index contributed by atoms with van der Waals surface area (Å²) in [5.74, 6) is 1.64. The Morgan fingerprint density at radius 1 is 1.05 bits per heavy atom. The summed E-state index contributed by atoms with van der Waals surface area (Å²) >= 11 is 0. The Bertz CT molecular complexity index is 1260. The van der Waals surface area contributed by atoms with E-state index in [-0.39, 0.29) is 11.8 Å². The fourth-order valence-corrected chi connectivity index (χ4v) is 5.01. The third kappa shape index (κ3) is 5.45. The molecule has 3 aromatic rings. The minimum Gasteiger partial charge on any atom is -0.490 e. The SMILES string of the molecule is CCOc1ccc(CCN2C(=O)c3cc4ccccc4n3CC2(C)C(=O)NCCC(C)C)cc1OCC. The molecule has 2 amide bonds. The number of carbonyl (C=O) groups excluding carboxylic acids is 2. The normalized spacial score (nSPS) is 17.2. The maximum atomic E-state index is 13.9. The molecule has 2 heterocycles. The number of para-hydroxylation sites is 1. The van der Waals surface area contributed by atoms with Gasteiger partial charge in [-0.05, 0) is 69.4 Å². The second kappa shape index (κ2) is 11.3. The van der Waals surface area contributed by atoms with Crippen LogP contribution in [0, 0.1) is 5.92 Å². The minimum atomic E-state index is -1.02. The van der Waals surface area contributed by atoms with Gasteiger partial charge in [-0.25, -0.2) is 0 Å². The van der Waals surface area contributed by atoms with E-state index in [0.717, 1.165) is 22.9 Å². The van der Waals surface area contributed by atoms with E-state index >= 15 is 0 Å². The maximum absolute atomic E-state index is 13.9. The predicted molar refractivity (Wildman–Crippen MR) is 146 cm³/mol. The molecular formula is C30H39N3O4. The van der Waals surface area contributed by atoms with Crippen molar-refractivity contribution < 1.29 is 19.1 Å². The van der Waals surface area contributed by atoms with Crippen LogP contribution in [0.15, 0.2) is 48.5 Å². The third-order valence-corrected chi connectivity index (χ3v) is 7.06. The Morgan fingerprint density at radius 3 is 2.51 bits per heavy atom. The zero-order chi connectivity index (χ0) is 26.6. The number of nitrogens with zero attached hydrogens (tertiary/aromatic N) is 2. The van der Waals surface area contributed by atoms with Crippen LogP contribution in [-0.4, -0.2) is 53.1 Å². The maximum Gasteiger partial charge on any atom is 0.271 e. The first-order valence-electron chi connectivity index (χ1n) is 13.4. The lowest BCUT2D eigenvalue weighted by Gasteiger charge is -2.44. The van der Waals surface area contributed by atoms with Crippen LogP contribution in [0.2, 0.25) is 0 Å². The second-order valence-electron chi connectivity index (χ2n) is 10.2. The lowest BCUT2D eigenvalue weighted by atomic mass is 9.93. The summed E-state index contributed by atoms with van der Waals surface area (Å²) in [5.41, 5.74) is 1.60. The fourth-order valence-electron chi connectivity index (χ4n) is 5.01. The zero-order valence-electron chi connectivity index (χ0n) is 22.7. The van der Waals surface area contributed by atoms with Crippen molar-refractivity contribution in [1.82, 2.24) is 14.8 Å². The first-order valence-corrected chi connectivity index (χ1v) is 13.4. The van der Waals surface area contributed by atoms with Gasteiger partial charge in [0.05, 0.1) is 19.8 Å². The molecule has 1 aromatic heterocycles. The van der Waals surface area contributed by atoms with Crippen LogP contribution in [-0.2, 0) is 17.8 Å². The summed E-state index contributed by atoms with van der Waals surface area (Å²) in [5, 5.41) is 4.11. The predicted octanol–water partition coefficient (Wildman–Crippen LogP) is 5.06. The highest BCUT2D eigenvalue weighted by Crippen LogP contribution is 2.33. The highest BCUT2D eigenvalue weighted by atomic mass is 16.5. The molecule has 1 unspecified atom stereocenters. The summed E-state index contributed by atoms with van der Waals surface area (Å²) in [6, 6.07) is 15.8. The quantitative estimate of drug-likeness (QED) is 0.395. The fraction of sp³-hybridized carbons (Fsp3) is 0.467. The van der Waals surface area contributed by atoms with Gasteiger partial charge in [0.1, 0.15) is 11.2 Å². The molecule has 1 atom stereocenters. The number of rotatable bonds is 11. The molecule has 37 heavy (non-hydrogen) atoms. The van der Waals surface area contributed by atoms with Crippen molar-refractivity contribution in [3.05, 3.63) is 59.8 Å². The molecular weight excluding hydrogens is 466 g/mol. The van der Waals surface area contributed by atoms with Crippen LogP contribution in [0.4, 0.5) is 0 Å². The summed E-state index contributed by atoms with van der Waals surface area (Å²) in [7, 11) is 0. The Morgan fingerprint density at radius 2 is 1.78 bits per heavy atom. The highest BCUT2D eigenvalue weighted by Gasteiger charge is 2.47. The molecule has 0 fully saturated rings. The molecule has 0 radical (unpaired) electrons. The van der Waals surface area contributed by atoms with E-state index in [9.17, 15) is 9.59 Å². The van der Waals surface area contributed by atoms with Crippen LogP contribution < -0.4 is 14.8 Å². The Balaban J connectivity index is 1.64. The number of carbonyl (C=O) groups is 2. The molecule has 1 aliphatic rings. The van der Waals surface area contributed by atoms with E-state index in [1.54, 1.807) is 4.90 Å². The van der Waals surface area contributed by atoms with Gasteiger partial charge in [-0.2, -0.15) is 0 Å². The lowest BCUT2D eigenvalue weighted by Crippen LogP contribution is -2.64. The molecule has 0 spiro atoms. The number of fused-ring (bicyclic) bond motifs is 3. The number of ether oxygens (including phenoxy) is 2. The monoisotopic (exact) mass is 505 g/mol. The van der Waals surface area contributed by atoms with Gasteiger partial charge in [-0.3, -0.25) is 9.59 Å². The molecule has 0 saturated heterocycles. The number of amides is 2. The standard InChI is InChI=1S/C30H39N3O4/c1-6-36-26-13-12-22(18-27(26)37-7-2)15-17-33-28(34)25-19-23-10-8-9-11-24(23)32(25)20-30(33,5)29(35)31-16-14-21(3)4/h8-13,18-19,21H,6-7,14-17,20H2,1-5H3,(H,31,35). The Labute approximate surface area is 219 Å². The molecule has 0 bridgehead atoms. The molecule has 0 saturated carbocycles. The summed E-state index contributed by atoms with van der Waals surface area (Å²) in [4.78, 5) is 29.3. The van der Waals surface area contributed by atoms with Crippen molar-refractivity contribution in [2.45, 2.75) is 59.5 Å². The van der Waals surface area contributed by atoms with Gasteiger partial charge in [-0.15, -0.1) is 0 Å². The first-order chi connectivity index (χ1) is 17.8. The largest absolute Gasteiger partial charge is 0.490 e. The van der Waals surface area contributed by atoms with Gasteiger partial charge in [-0.1, -0.05) is 38.1 Å². The van der Waals surface area contributed by atoms with Gasteiger partial charge in [0.2, 0.25) is 5.91 Å². The van der Waals surface area contributed by atoms with Crippen LogP contribution >= 0.6 is 0 Å². The van der Waals surface area contributed by atoms with E-state index in [1.165, 1.54) is 0 Å². The van der Waals surface area contributed by atoms with Crippen LogP contribution in [0.25, 0.3) is 10.9 Å². The minimum absolute atomic E-state index is 0.119. The van der Waals surface area contributed by atoms with Crippen molar-refractivity contribution >= 4 is 22.7 Å². The van der Waals surface area contributed by atoms with Crippen LogP contribution in [0.5, 0.6) is 11.5 Å². The van der Waals surface area contributed by atoms with Crippen molar-refractivity contribution in [1.29, 1.82) is 0 Å². The number of benzene rings is 2. The molecule has 0 aliphatic carbocycles. The molecule has 198 valence electrons. The lowest BCUT2D eigenvalue weighted by molar-refractivity contribution is -0.132. The van der Waals surface area contributed by atoms with Crippen LogP contribution in [0.1, 0.15) is 57.1 Å². The molecule has 7 nitrogen and oxygen atoms in total. The van der Waals surface area contributed by atoms with E-state index in [0.29, 0.717) is 62.4 Å². The summed E-state index contributed by atoms with van der Waals surface area (Å²) in [6.07, 6.45) is 1.48. The summed E-state index contributed by atoms with van der Waals surface area (Å²) in [6.45, 7) is 12.5. The van der Waals surface area contributed by atoms with E-state index in [1.807, 2.05) is 73.9 Å². The Kier molecular flexibility index (Phi) is 8.10. The second-order valence-corrected chi connectivity index (χ2v) is 10.2. The molecule has 1 N–H and O–H groups in total. The van der Waals surface area contributed by atoms with Crippen molar-refractivity contribution in [3.63, 3.8) is 0 Å². The van der Waals surface area contributed by atoms with E-state index in [2.05, 4.69) is 19.2 Å². The van der Waals surface area contributed by atoms with E-state index in [4.69, 9.17) is 9.47 Å². The smallest absolute Gasteiger partial charge is 0.271 e. The van der Waals surface area contributed by atoms with Crippen molar-refractivity contribution in [2.24, 2.45) is 5.92 Å². The molecule has 1 aliphatic heterocycles. The number of hydrogen-bond donors (Lipinski definition) is 1. The number of hydrogen-bond acceptors (Lipinski definition) is 4. The first kappa shape index (κ1) is 26.6. The average Bonchev–Trinajstić information content (AvgIpc) is 3.24. The highest BCUT2D eigenvalue weighted by molar-refractivity contribution is 6.03. The topological polar surface area (TPSA) is 72.8 Å². The van der Waals surface area contributed by atoms with Crippen LogP contribution in [0.3, 0.4) is 0 Å². The molecule has 7 heteroatoms. The average molecular weight is 506 g/mol. The third-order valence-electron chi connectivity index (χ3n) is 7.06. The Hall–Kier alpha value is -3.48. The van der Waals surface area contributed by atoms with Gasteiger partial charge in [0.15, 0.2) is 11.5 Å². The zero-order valence-corrected chi connectivity index (χ0v) is 22.7. The van der Waals surface area contributed by atoms with Gasteiger partial charge in [0.25, 0.3) is 5.91 Å². The van der Waals surface area contributed by atoms with Crippen molar-refractivity contribution in [3.8, 4) is 11.5 Å². The van der Waals surface area contributed by atoms with Gasteiger partial charge in [0, 0.05) is 24.0 Å². The molecule has 2 aromatic carbocycles. The number of aromatic nitrogens is 1. The van der Waals surface area contributed by atoms with E-state index < -0.39 is 5.54 Å². The number of nitrogens with one attached hydrogen (secondary N) is 1. The molecule has 4 rings (SSSR count). The summed E-state index contributed by atoms with van der Waals surface area (Å²) < 4.78 is 13.5. The van der Waals surface area contributed by atoms with Gasteiger partial charge < -0.3 is 24.3 Å².